The predicted octanol–water partition coefficient (Wildman–Crippen LogP) is 16.3. The zero-order chi connectivity index (χ0) is 47.8. The molecule has 12 rings (SSSR count). The van der Waals surface area contributed by atoms with Crippen molar-refractivity contribution in [2.45, 2.75) is 57.8 Å². The summed E-state index contributed by atoms with van der Waals surface area (Å²) in [6.45, 7) is 13.9. The van der Waals surface area contributed by atoms with Crippen molar-refractivity contribution in [2.24, 2.45) is 0 Å². The minimum atomic E-state index is -0.918. The molecule has 0 fully saturated rings. The van der Waals surface area contributed by atoms with Gasteiger partial charge in [0.25, 0.3) is 0 Å². The maximum atomic E-state index is 5.91. The summed E-state index contributed by atoms with van der Waals surface area (Å²) < 4.78 is 1.18. The van der Waals surface area contributed by atoms with Crippen molar-refractivity contribution in [1.82, 2.24) is 24.9 Å². The molecule has 0 aliphatic heterocycles. The molecule has 0 N–H and O–H groups in total. The quantitative estimate of drug-likeness (QED) is 0.159. The van der Waals surface area contributed by atoms with E-state index in [0.717, 1.165) is 89.7 Å². The Labute approximate surface area is 413 Å². The summed E-state index contributed by atoms with van der Waals surface area (Å²) in [6, 6.07) is 66.9. The van der Waals surface area contributed by atoms with Gasteiger partial charge in [-0.15, -0.1) is 11.3 Å². The highest BCUT2D eigenvalue weighted by molar-refractivity contribution is 7.20. The lowest BCUT2D eigenvalue weighted by Crippen LogP contribution is -2.31. The number of hydrogen-bond acceptors (Lipinski definition) is 6. The van der Waals surface area contributed by atoms with Gasteiger partial charge in [-0.2, -0.15) is 0 Å². The van der Waals surface area contributed by atoms with Crippen LogP contribution in [-0.2, 0) is 16.2 Å². The lowest BCUT2D eigenvalue weighted by molar-refractivity contribution is 0.545. The Bertz CT molecular complexity index is 3690. The molecule has 0 saturated carbocycles. The fraction of sp³-hybridized carbons (Fsp3) is 0.141. The largest absolute Gasteiger partial charge is 0.253 e. The Hall–Kier alpha value is -7.93. The zero-order valence-electron chi connectivity index (χ0n) is 40.2. The molecule has 0 amide bonds. The summed E-state index contributed by atoms with van der Waals surface area (Å²) in [7, 11) is 0. The van der Waals surface area contributed by atoms with Gasteiger partial charge in [0.15, 0.2) is 0 Å². The monoisotopic (exact) mass is 921 g/mol. The number of nitrogens with zero attached hydrogens (tertiary/aromatic N) is 5. The van der Waals surface area contributed by atoms with Gasteiger partial charge < -0.3 is 0 Å². The summed E-state index contributed by atoms with van der Waals surface area (Å²) >= 11 is 1.88. The molecule has 0 unspecified atom stereocenters. The Morgan fingerprint density at radius 1 is 0.400 bits per heavy atom. The standard InChI is InChI=1S/C64H51N5S/c1-62(2,3)58-57-59-54(65-33-34-66-59)39-47(60(57)70-61(58)63(4,5)6)50-31-20-32-55(68-50)64(48-29-18-16-27-45(48)46-28-17-19-30-49(46)64)56-38-44(37-53(69-56)42-25-14-9-15-26-42)43-35-51(40-21-10-7-11-22-40)67-52(36-43)41-23-12-8-13-24-41/h7-39H,1-6H3. The molecule has 338 valence electrons. The first kappa shape index (κ1) is 43.4. The summed E-state index contributed by atoms with van der Waals surface area (Å²) in [6.07, 6.45) is 3.62. The molecule has 0 radical (unpaired) electrons. The lowest BCUT2D eigenvalue weighted by Gasteiger charge is -2.32. The topological polar surface area (TPSA) is 64.5 Å². The number of pyridine rings is 3. The van der Waals surface area contributed by atoms with E-state index in [-0.39, 0.29) is 10.8 Å². The zero-order valence-corrected chi connectivity index (χ0v) is 41.0. The molecule has 1 aliphatic carbocycles. The van der Waals surface area contributed by atoms with Crippen molar-refractivity contribution in [1.29, 1.82) is 0 Å². The van der Waals surface area contributed by atoms with E-state index < -0.39 is 5.41 Å². The van der Waals surface area contributed by atoms with Crippen molar-refractivity contribution in [3.05, 3.63) is 233 Å². The van der Waals surface area contributed by atoms with Crippen LogP contribution in [0.3, 0.4) is 0 Å². The van der Waals surface area contributed by atoms with Gasteiger partial charge in [-0.25, -0.2) is 4.98 Å². The van der Waals surface area contributed by atoms with Gasteiger partial charge in [0, 0.05) is 49.6 Å². The summed E-state index contributed by atoms with van der Waals surface area (Å²) in [5.41, 5.74) is 18.2. The van der Waals surface area contributed by atoms with Crippen molar-refractivity contribution in [3.63, 3.8) is 0 Å². The molecular formula is C64H51N5S. The van der Waals surface area contributed by atoms with E-state index in [1.807, 2.05) is 17.5 Å². The first-order valence-electron chi connectivity index (χ1n) is 24.1. The van der Waals surface area contributed by atoms with E-state index >= 15 is 0 Å². The molecule has 6 aromatic carbocycles. The second-order valence-electron chi connectivity index (χ2n) is 20.5. The third-order valence-electron chi connectivity index (χ3n) is 13.8. The van der Waals surface area contributed by atoms with Gasteiger partial charge in [-0.3, -0.25) is 19.9 Å². The number of aromatic nitrogens is 5. The summed E-state index contributed by atoms with van der Waals surface area (Å²) in [4.78, 5) is 28.3. The molecule has 5 nitrogen and oxygen atoms in total. The highest BCUT2D eigenvalue weighted by Crippen LogP contribution is 2.57. The van der Waals surface area contributed by atoms with E-state index in [4.69, 9.17) is 24.9 Å². The highest BCUT2D eigenvalue weighted by atomic mass is 32.1. The summed E-state index contributed by atoms with van der Waals surface area (Å²) in [5.74, 6) is 0. The first-order chi connectivity index (χ1) is 34.0. The van der Waals surface area contributed by atoms with Crippen molar-refractivity contribution in [3.8, 4) is 67.3 Å². The van der Waals surface area contributed by atoms with Crippen LogP contribution >= 0.6 is 11.3 Å². The number of hydrogen-bond donors (Lipinski definition) is 0. The number of thiophene rings is 1. The maximum Gasteiger partial charge on any atom is 0.106 e. The van der Waals surface area contributed by atoms with E-state index in [9.17, 15) is 0 Å². The van der Waals surface area contributed by atoms with Gasteiger partial charge in [0.2, 0.25) is 0 Å². The number of fused-ring (bicyclic) bond motifs is 6. The Balaban J connectivity index is 1.17. The van der Waals surface area contributed by atoms with Crippen molar-refractivity contribution < 1.29 is 0 Å². The third-order valence-corrected chi connectivity index (χ3v) is 15.4. The van der Waals surface area contributed by atoms with Crippen molar-refractivity contribution >= 4 is 32.5 Å². The molecule has 0 saturated heterocycles. The third kappa shape index (κ3) is 7.16. The van der Waals surface area contributed by atoms with Crippen LogP contribution in [0.1, 0.15) is 74.5 Å². The Morgan fingerprint density at radius 2 is 0.900 bits per heavy atom. The predicted molar refractivity (Wildman–Crippen MR) is 290 cm³/mol. The SMILES string of the molecule is CC(C)(C)c1sc2c(-c3cccc(C4(c5cc(-c6cc(-c7ccccc7)nc(-c7ccccc7)c6)cc(-c6ccccc6)n5)c5ccccc5-c5ccccc54)n3)cc3nccnc3c2c1C(C)(C)C. The van der Waals surface area contributed by atoms with Gasteiger partial charge in [-0.1, -0.05) is 187 Å². The molecule has 5 heterocycles. The van der Waals surface area contributed by atoms with Crippen LogP contribution < -0.4 is 0 Å². The minimum Gasteiger partial charge on any atom is -0.253 e. The fourth-order valence-electron chi connectivity index (χ4n) is 10.7. The second-order valence-corrected chi connectivity index (χ2v) is 21.5. The average molecular weight is 922 g/mol. The Kier molecular flexibility index (Phi) is 10.3. The molecular weight excluding hydrogens is 871 g/mol. The molecule has 6 heteroatoms. The molecule has 5 aromatic heterocycles. The van der Waals surface area contributed by atoms with Gasteiger partial charge in [0.05, 0.1) is 45.2 Å². The van der Waals surface area contributed by atoms with Gasteiger partial charge >= 0.3 is 0 Å². The first-order valence-corrected chi connectivity index (χ1v) is 24.9. The maximum absolute atomic E-state index is 5.91. The van der Waals surface area contributed by atoms with Crippen LogP contribution in [0.25, 0.3) is 88.4 Å². The minimum absolute atomic E-state index is 0.0968. The van der Waals surface area contributed by atoms with Gasteiger partial charge in [0.1, 0.15) is 5.41 Å². The molecule has 0 bridgehead atoms. The lowest BCUT2D eigenvalue weighted by atomic mass is 9.71. The van der Waals surface area contributed by atoms with Crippen LogP contribution in [-0.4, -0.2) is 24.9 Å². The van der Waals surface area contributed by atoms with E-state index in [0.29, 0.717) is 0 Å². The van der Waals surface area contributed by atoms with Crippen LogP contribution in [0.5, 0.6) is 0 Å². The second kappa shape index (κ2) is 16.6. The van der Waals surface area contributed by atoms with E-state index in [2.05, 4.69) is 230 Å². The van der Waals surface area contributed by atoms with Gasteiger partial charge in [-0.05, 0) is 92.2 Å². The molecule has 0 spiro atoms. The van der Waals surface area contributed by atoms with Crippen molar-refractivity contribution in [2.75, 3.05) is 0 Å². The van der Waals surface area contributed by atoms with E-state index in [1.165, 1.54) is 31.7 Å². The molecule has 70 heavy (non-hydrogen) atoms. The van der Waals surface area contributed by atoms with Crippen LogP contribution in [0.15, 0.2) is 200 Å². The van der Waals surface area contributed by atoms with Crippen LogP contribution in [0.2, 0.25) is 0 Å². The smallest absolute Gasteiger partial charge is 0.106 e. The average Bonchev–Trinajstić information content (AvgIpc) is 3.96. The Morgan fingerprint density at radius 3 is 1.46 bits per heavy atom. The van der Waals surface area contributed by atoms with Crippen LogP contribution in [0.4, 0.5) is 0 Å². The summed E-state index contributed by atoms with van der Waals surface area (Å²) in [5, 5.41) is 1.17. The molecule has 11 aromatic rings. The molecule has 1 aliphatic rings. The van der Waals surface area contributed by atoms with E-state index in [1.54, 1.807) is 6.20 Å². The fourth-order valence-corrected chi connectivity index (χ4v) is 12.3. The highest BCUT2D eigenvalue weighted by Gasteiger charge is 2.49. The number of rotatable bonds is 7. The molecule has 0 atom stereocenters. The van der Waals surface area contributed by atoms with Crippen LogP contribution in [0, 0.1) is 0 Å². The number of benzene rings is 6. The normalized spacial score (nSPS) is 13.1.